The van der Waals surface area contributed by atoms with Gasteiger partial charge in [0.25, 0.3) is 0 Å². The second kappa shape index (κ2) is 7.51. The van der Waals surface area contributed by atoms with E-state index in [0.717, 1.165) is 15.8 Å². The number of halogens is 1. The Balaban J connectivity index is 1.95. The van der Waals surface area contributed by atoms with Crippen LogP contribution in [-0.2, 0) is 16.0 Å². The summed E-state index contributed by atoms with van der Waals surface area (Å²) in [5.41, 5.74) is 1.18. The zero-order valence-corrected chi connectivity index (χ0v) is 14.6. The predicted molar refractivity (Wildman–Crippen MR) is 91.0 cm³/mol. The van der Waals surface area contributed by atoms with Crippen LogP contribution in [-0.4, -0.2) is 22.8 Å². The Morgan fingerprint density at radius 1 is 1.32 bits per heavy atom. The monoisotopic (exact) mass is 381 g/mol. The molecule has 1 heterocycles. The van der Waals surface area contributed by atoms with Crippen LogP contribution in [0.3, 0.4) is 0 Å². The number of hydrogen-bond acceptors (Lipinski definition) is 4. The van der Waals surface area contributed by atoms with E-state index >= 15 is 0 Å². The molecule has 1 unspecified atom stereocenters. The minimum absolute atomic E-state index is 0.238. The number of amides is 2. The van der Waals surface area contributed by atoms with Gasteiger partial charge < -0.3 is 10.6 Å². The third-order valence-electron chi connectivity index (χ3n) is 2.89. The largest absolute Gasteiger partial charge is 0.345 e. The Morgan fingerprint density at radius 3 is 2.64 bits per heavy atom. The van der Waals surface area contributed by atoms with E-state index in [1.165, 1.54) is 23.8 Å². The van der Waals surface area contributed by atoms with Crippen LogP contribution in [0.5, 0.6) is 0 Å². The van der Waals surface area contributed by atoms with E-state index in [0.29, 0.717) is 5.13 Å². The lowest BCUT2D eigenvalue weighted by Gasteiger charge is -2.10. The maximum Gasteiger partial charge on any atom is 0.248 e. The number of nitrogens with one attached hydrogen (secondary N) is 2. The number of carbonyl (C=O) groups is 2. The molecule has 22 heavy (non-hydrogen) atoms. The molecular weight excluding hydrogens is 366 g/mol. The first-order valence-corrected chi connectivity index (χ1v) is 8.32. The lowest BCUT2D eigenvalue weighted by atomic mass is 10.1. The number of aromatic nitrogens is 1. The molecular formula is C15H16BrN3O2S. The summed E-state index contributed by atoms with van der Waals surface area (Å²) in [5.74, 6) is -0.516. The summed E-state index contributed by atoms with van der Waals surface area (Å²) >= 11 is 4.83. The number of hydrogen-bond donors (Lipinski definition) is 2. The summed E-state index contributed by atoms with van der Waals surface area (Å²) < 4.78 is 1.04. The third-order valence-corrected chi connectivity index (χ3v) is 4.33. The molecule has 0 aliphatic heterocycles. The molecule has 0 bridgehead atoms. The molecule has 5 nitrogen and oxygen atoms in total. The number of nitrogens with zero attached hydrogens (tertiary/aromatic N) is 1. The molecule has 2 N–H and O–H groups in total. The van der Waals surface area contributed by atoms with Crippen molar-refractivity contribution in [1.82, 2.24) is 10.3 Å². The summed E-state index contributed by atoms with van der Waals surface area (Å²) in [6, 6.07) is 7.49. The first-order chi connectivity index (χ1) is 10.4. The Hall–Kier alpha value is -1.73. The normalized spacial score (nSPS) is 11.8. The highest BCUT2D eigenvalue weighted by Crippen LogP contribution is 2.22. The van der Waals surface area contributed by atoms with E-state index in [2.05, 4.69) is 31.5 Å². The zero-order valence-electron chi connectivity index (χ0n) is 12.2. The molecule has 2 amide bonds. The summed E-state index contributed by atoms with van der Waals surface area (Å²) in [6.45, 7) is 3.01. The van der Waals surface area contributed by atoms with Crippen molar-refractivity contribution >= 4 is 44.2 Å². The van der Waals surface area contributed by atoms with Crippen LogP contribution in [0.4, 0.5) is 5.13 Å². The molecule has 0 aliphatic carbocycles. The van der Waals surface area contributed by atoms with E-state index in [1.54, 1.807) is 13.1 Å². The average Bonchev–Trinajstić information content (AvgIpc) is 2.88. The number of benzene rings is 1. The molecule has 0 fully saturated rings. The van der Waals surface area contributed by atoms with Crippen molar-refractivity contribution < 1.29 is 9.59 Å². The molecule has 0 radical (unpaired) electrons. The van der Waals surface area contributed by atoms with Crippen molar-refractivity contribution in [3.8, 4) is 0 Å². The van der Waals surface area contributed by atoms with Crippen LogP contribution in [0.15, 0.2) is 34.9 Å². The summed E-state index contributed by atoms with van der Waals surface area (Å²) in [6.07, 6.45) is 2.52. The maximum atomic E-state index is 11.9. The first-order valence-electron chi connectivity index (χ1n) is 6.71. The van der Waals surface area contributed by atoms with Crippen molar-refractivity contribution in [3.05, 3.63) is 45.4 Å². The van der Waals surface area contributed by atoms with Crippen LogP contribution in [0, 0.1) is 0 Å². The highest BCUT2D eigenvalue weighted by Gasteiger charge is 2.15. The van der Waals surface area contributed by atoms with Crippen molar-refractivity contribution in [3.63, 3.8) is 0 Å². The van der Waals surface area contributed by atoms with Gasteiger partial charge in [-0.05, 0) is 24.6 Å². The van der Waals surface area contributed by atoms with Crippen LogP contribution in [0.2, 0.25) is 0 Å². The second-order valence-corrected chi connectivity index (χ2v) is 6.88. The molecule has 0 saturated carbocycles. The Labute approximate surface area is 141 Å². The van der Waals surface area contributed by atoms with Crippen LogP contribution < -0.4 is 10.6 Å². The fourth-order valence-electron chi connectivity index (χ4n) is 1.83. The molecule has 0 saturated heterocycles. The first kappa shape index (κ1) is 16.6. The Morgan fingerprint density at radius 2 is 2.00 bits per heavy atom. The SMILES string of the molecule is CC(=O)NC(C)C(=O)Nc1ncc(Cc2ccc(Br)cc2)s1. The molecule has 7 heteroatoms. The molecule has 0 aliphatic rings. The van der Waals surface area contributed by atoms with Crippen molar-refractivity contribution in [2.75, 3.05) is 5.32 Å². The zero-order chi connectivity index (χ0) is 16.1. The van der Waals surface area contributed by atoms with Gasteiger partial charge >= 0.3 is 0 Å². The molecule has 2 aromatic rings. The minimum atomic E-state index is -0.587. The molecule has 116 valence electrons. The number of carbonyl (C=O) groups excluding carboxylic acids is 2. The number of rotatable bonds is 5. The van der Waals surface area contributed by atoms with Crippen molar-refractivity contribution in [2.45, 2.75) is 26.3 Å². The average molecular weight is 382 g/mol. The number of anilines is 1. The standard InChI is InChI=1S/C15H16BrN3O2S/c1-9(18-10(2)20)14(21)19-15-17-8-13(22-15)7-11-3-5-12(16)6-4-11/h3-6,8-9H,7H2,1-2H3,(H,18,20)(H,17,19,21). The van der Waals surface area contributed by atoms with Crippen molar-refractivity contribution in [2.24, 2.45) is 0 Å². The molecule has 1 aromatic carbocycles. The predicted octanol–water partition coefficient (Wildman–Crippen LogP) is 2.96. The van der Waals surface area contributed by atoms with Crippen LogP contribution >= 0.6 is 27.3 Å². The number of thiazole rings is 1. The van der Waals surface area contributed by atoms with Crippen molar-refractivity contribution in [1.29, 1.82) is 0 Å². The molecule has 0 spiro atoms. The minimum Gasteiger partial charge on any atom is -0.345 e. The van der Waals surface area contributed by atoms with Gasteiger partial charge in [-0.25, -0.2) is 4.98 Å². The highest BCUT2D eigenvalue weighted by atomic mass is 79.9. The van der Waals surface area contributed by atoms with Gasteiger partial charge in [-0.3, -0.25) is 9.59 Å². The fraction of sp³-hybridized carbons (Fsp3) is 0.267. The Kier molecular flexibility index (Phi) is 5.68. The molecule has 1 atom stereocenters. The van der Waals surface area contributed by atoms with Gasteiger partial charge in [0.2, 0.25) is 11.8 Å². The van der Waals surface area contributed by atoms with Crippen LogP contribution in [0.25, 0.3) is 0 Å². The maximum absolute atomic E-state index is 11.9. The van der Waals surface area contributed by atoms with Gasteiger partial charge in [0.15, 0.2) is 5.13 Å². The van der Waals surface area contributed by atoms with Gasteiger partial charge in [-0.15, -0.1) is 11.3 Å². The van der Waals surface area contributed by atoms with Gasteiger partial charge in [-0.2, -0.15) is 0 Å². The Bertz CT molecular complexity index is 670. The van der Waals surface area contributed by atoms with E-state index in [-0.39, 0.29) is 11.8 Å². The summed E-state index contributed by atoms with van der Waals surface area (Å²) in [5, 5.41) is 5.78. The van der Waals surface area contributed by atoms with Gasteiger partial charge in [-0.1, -0.05) is 28.1 Å². The smallest absolute Gasteiger partial charge is 0.248 e. The van der Waals surface area contributed by atoms with E-state index in [4.69, 9.17) is 0 Å². The summed E-state index contributed by atoms with van der Waals surface area (Å²) in [7, 11) is 0. The lowest BCUT2D eigenvalue weighted by Crippen LogP contribution is -2.40. The third kappa shape index (κ3) is 4.92. The van der Waals surface area contributed by atoms with Gasteiger partial charge in [0.05, 0.1) is 0 Å². The second-order valence-electron chi connectivity index (χ2n) is 4.85. The topological polar surface area (TPSA) is 71.1 Å². The molecule has 2 rings (SSSR count). The quantitative estimate of drug-likeness (QED) is 0.835. The summed E-state index contributed by atoms with van der Waals surface area (Å²) in [4.78, 5) is 28.1. The van der Waals surface area contributed by atoms with Crippen LogP contribution in [0.1, 0.15) is 24.3 Å². The van der Waals surface area contributed by atoms with Gasteiger partial charge in [0, 0.05) is 28.9 Å². The molecule has 1 aromatic heterocycles. The fourth-order valence-corrected chi connectivity index (χ4v) is 2.95. The van der Waals surface area contributed by atoms with E-state index in [9.17, 15) is 9.59 Å². The van der Waals surface area contributed by atoms with Gasteiger partial charge in [0.1, 0.15) is 6.04 Å². The van der Waals surface area contributed by atoms with E-state index in [1.807, 2.05) is 24.3 Å². The van der Waals surface area contributed by atoms with E-state index < -0.39 is 6.04 Å². The lowest BCUT2D eigenvalue weighted by molar-refractivity contribution is -0.124. The highest BCUT2D eigenvalue weighted by molar-refractivity contribution is 9.10.